The van der Waals surface area contributed by atoms with Crippen LogP contribution in [-0.4, -0.2) is 17.9 Å². The number of carboxylic acid groups (broad SMARTS) is 1. The zero-order valence-electron chi connectivity index (χ0n) is 8.40. The molecule has 3 rings (SSSR count). The first-order valence-corrected chi connectivity index (χ1v) is 5.49. The molecular formula is C11H16O3. The maximum atomic E-state index is 10.3. The van der Waals surface area contributed by atoms with E-state index < -0.39 is 6.16 Å². The lowest BCUT2D eigenvalue weighted by Crippen LogP contribution is -2.18. The Labute approximate surface area is 83.4 Å². The molecule has 0 saturated heterocycles. The molecule has 1 spiro atoms. The summed E-state index contributed by atoms with van der Waals surface area (Å²) in [6.45, 7) is 2.78. The van der Waals surface area contributed by atoms with Crippen molar-refractivity contribution in [3.8, 4) is 0 Å². The van der Waals surface area contributed by atoms with Crippen molar-refractivity contribution in [2.45, 2.75) is 26.2 Å². The van der Waals surface area contributed by atoms with Crippen LogP contribution in [0.1, 0.15) is 26.2 Å². The van der Waals surface area contributed by atoms with Gasteiger partial charge in [0.15, 0.2) is 0 Å². The average Bonchev–Trinajstić information content (AvgIpc) is 2.56. The van der Waals surface area contributed by atoms with Gasteiger partial charge >= 0.3 is 6.16 Å². The van der Waals surface area contributed by atoms with Gasteiger partial charge in [0.05, 0.1) is 6.61 Å². The highest BCUT2D eigenvalue weighted by atomic mass is 16.7. The van der Waals surface area contributed by atoms with Crippen molar-refractivity contribution < 1.29 is 14.6 Å². The van der Waals surface area contributed by atoms with Gasteiger partial charge in [-0.1, -0.05) is 6.92 Å². The minimum Gasteiger partial charge on any atom is -0.450 e. The number of carbonyl (C=O) groups is 1. The second-order valence-electron chi connectivity index (χ2n) is 5.37. The van der Waals surface area contributed by atoms with Gasteiger partial charge in [0.25, 0.3) is 0 Å². The highest BCUT2D eigenvalue weighted by molar-refractivity contribution is 5.56. The van der Waals surface area contributed by atoms with Crippen LogP contribution >= 0.6 is 0 Å². The molecule has 2 bridgehead atoms. The Balaban J connectivity index is 1.62. The molecule has 3 unspecified atom stereocenters. The van der Waals surface area contributed by atoms with E-state index in [0.29, 0.717) is 17.9 Å². The van der Waals surface area contributed by atoms with E-state index in [4.69, 9.17) is 9.84 Å². The van der Waals surface area contributed by atoms with Crippen LogP contribution < -0.4 is 0 Å². The monoisotopic (exact) mass is 196 g/mol. The fraction of sp³-hybridized carbons (Fsp3) is 0.909. The lowest BCUT2D eigenvalue weighted by molar-refractivity contribution is 0.0665. The van der Waals surface area contributed by atoms with Crippen LogP contribution in [0, 0.1) is 29.1 Å². The summed E-state index contributed by atoms with van der Waals surface area (Å²) in [6, 6.07) is 0. The molecule has 3 saturated carbocycles. The number of ether oxygens (including phenoxy) is 1. The van der Waals surface area contributed by atoms with Crippen molar-refractivity contribution in [2.75, 3.05) is 6.61 Å². The molecule has 0 aliphatic heterocycles. The minimum absolute atomic E-state index is 0.432. The quantitative estimate of drug-likeness (QED) is 0.689. The van der Waals surface area contributed by atoms with Gasteiger partial charge in [-0.05, 0) is 48.3 Å². The summed E-state index contributed by atoms with van der Waals surface area (Å²) < 4.78 is 4.69. The molecule has 3 fully saturated rings. The molecule has 0 aromatic carbocycles. The van der Waals surface area contributed by atoms with Crippen molar-refractivity contribution in [2.24, 2.45) is 29.1 Å². The molecule has 78 valence electrons. The van der Waals surface area contributed by atoms with E-state index >= 15 is 0 Å². The smallest absolute Gasteiger partial charge is 0.450 e. The van der Waals surface area contributed by atoms with Gasteiger partial charge in [-0.2, -0.15) is 0 Å². The van der Waals surface area contributed by atoms with Gasteiger partial charge < -0.3 is 9.84 Å². The molecular weight excluding hydrogens is 180 g/mol. The number of hydrogen-bond donors (Lipinski definition) is 1. The number of rotatable bonds is 2. The Bertz CT molecular complexity index is 288. The molecule has 3 aliphatic carbocycles. The third-order valence-corrected chi connectivity index (χ3v) is 5.07. The fourth-order valence-electron chi connectivity index (χ4n) is 4.28. The Kier molecular flexibility index (Phi) is 1.49. The lowest BCUT2D eigenvalue weighted by Gasteiger charge is -2.19. The van der Waals surface area contributed by atoms with E-state index in [1.807, 2.05) is 0 Å². The molecule has 3 heteroatoms. The summed E-state index contributed by atoms with van der Waals surface area (Å²) in [4.78, 5) is 10.3. The first-order chi connectivity index (χ1) is 6.63. The van der Waals surface area contributed by atoms with Gasteiger partial charge in [0, 0.05) is 0 Å². The molecule has 0 heterocycles. The third kappa shape index (κ3) is 0.904. The Morgan fingerprint density at radius 3 is 2.93 bits per heavy atom. The zero-order chi connectivity index (χ0) is 9.92. The van der Waals surface area contributed by atoms with Crippen LogP contribution in [0.2, 0.25) is 0 Å². The van der Waals surface area contributed by atoms with E-state index in [2.05, 4.69) is 6.92 Å². The lowest BCUT2D eigenvalue weighted by atomic mass is 9.90. The SMILES string of the molecule is CC1C2C[C@H]3C[C@]12CC3COC(=O)O. The van der Waals surface area contributed by atoms with E-state index in [1.165, 1.54) is 19.3 Å². The van der Waals surface area contributed by atoms with Crippen molar-refractivity contribution in [3.05, 3.63) is 0 Å². The summed E-state index contributed by atoms with van der Waals surface area (Å²) >= 11 is 0. The predicted octanol–water partition coefficient (Wildman–Crippen LogP) is 2.36. The fourth-order valence-corrected chi connectivity index (χ4v) is 4.28. The topological polar surface area (TPSA) is 46.5 Å². The molecule has 0 aromatic heterocycles. The van der Waals surface area contributed by atoms with Crippen LogP contribution in [0.15, 0.2) is 0 Å². The van der Waals surface area contributed by atoms with Gasteiger partial charge in [-0.3, -0.25) is 0 Å². The van der Waals surface area contributed by atoms with Gasteiger partial charge in [-0.25, -0.2) is 4.79 Å². The molecule has 5 atom stereocenters. The first-order valence-electron chi connectivity index (χ1n) is 5.49. The maximum Gasteiger partial charge on any atom is 0.505 e. The Morgan fingerprint density at radius 2 is 2.36 bits per heavy atom. The molecule has 0 aromatic rings. The minimum atomic E-state index is -1.12. The summed E-state index contributed by atoms with van der Waals surface area (Å²) in [5.74, 6) is 3.14. The van der Waals surface area contributed by atoms with E-state index in [9.17, 15) is 4.79 Å². The van der Waals surface area contributed by atoms with Crippen molar-refractivity contribution in [1.82, 2.24) is 0 Å². The summed E-state index contributed by atoms with van der Waals surface area (Å²) in [7, 11) is 0. The molecule has 0 radical (unpaired) electrons. The molecule has 0 amide bonds. The van der Waals surface area contributed by atoms with E-state index in [1.54, 1.807) is 0 Å². The molecule has 1 N–H and O–H groups in total. The maximum absolute atomic E-state index is 10.3. The predicted molar refractivity (Wildman–Crippen MR) is 49.9 cm³/mol. The number of fused-ring (bicyclic) bond motifs is 1. The van der Waals surface area contributed by atoms with Crippen LogP contribution in [0.25, 0.3) is 0 Å². The molecule has 3 nitrogen and oxygen atoms in total. The highest BCUT2D eigenvalue weighted by Gasteiger charge is 2.71. The molecule has 3 aliphatic rings. The largest absolute Gasteiger partial charge is 0.505 e. The Morgan fingerprint density at radius 1 is 1.57 bits per heavy atom. The first kappa shape index (κ1) is 8.57. The van der Waals surface area contributed by atoms with Gasteiger partial charge in [0.1, 0.15) is 0 Å². The van der Waals surface area contributed by atoms with E-state index in [0.717, 1.165) is 17.8 Å². The Hall–Kier alpha value is -0.730. The van der Waals surface area contributed by atoms with Gasteiger partial charge in [0.2, 0.25) is 0 Å². The average molecular weight is 196 g/mol. The van der Waals surface area contributed by atoms with Crippen LogP contribution in [0.3, 0.4) is 0 Å². The second-order valence-corrected chi connectivity index (χ2v) is 5.37. The summed E-state index contributed by atoms with van der Waals surface area (Å²) in [6.07, 6.45) is 2.77. The highest BCUT2D eigenvalue weighted by Crippen LogP contribution is 2.78. The van der Waals surface area contributed by atoms with E-state index in [-0.39, 0.29) is 0 Å². The standard InChI is InChI=1S/C11H16O3/c1-6-9-2-7-3-11(6,9)4-8(7)5-14-10(12)13/h6-9H,2-5H2,1H3,(H,12,13)/t6?,7-,8?,9?,11-/m0/s1. The van der Waals surface area contributed by atoms with Crippen molar-refractivity contribution in [1.29, 1.82) is 0 Å². The van der Waals surface area contributed by atoms with Crippen LogP contribution in [-0.2, 0) is 4.74 Å². The summed E-state index contributed by atoms with van der Waals surface area (Å²) in [5, 5.41) is 8.45. The van der Waals surface area contributed by atoms with Crippen molar-refractivity contribution >= 4 is 6.16 Å². The summed E-state index contributed by atoms with van der Waals surface area (Å²) in [5.41, 5.74) is 0.622. The van der Waals surface area contributed by atoms with Crippen molar-refractivity contribution in [3.63, 3.8) is 0 Å². The third-order valence-electron chi connectivity index (χ3n) is 5.07. The second kappa shape index (κ2) is 2.44. The molecule has 14 heavy (non-hydrogen) atoms. The zero-order valence-corrected chi connectivity index (χ0v) is 8.40. The van der Waals surface area contributed by atoms with Crippen LogP contribution in [0.5, 0.6) is 0 Å². The normalized spacial score (nSPS) is 52.9. The number of hydrogen-bond acceptors (Lipinski definition) is 2. The van der Waals surface area contributed by atoms with Crippen LogP contribution in [0.4, 0.5) is 4.79 Å². The van der Waals surface area contributed by atoms with Gasteiger partial charge in [-0.15, -0.1) is 0 Å².